The van der Waals surface area contributed by atoms with Crippen molar-refractivity contribution in [2.24, 2.45) is 0 Å². The van der Waals surface area contributed by atoms with E-state index in [1.54, 1.807) is 42.5 Å². The van der Waals surface area contributed by atoms with Gasteiger partial charge in [-0.25, -0.2) is 4.79 Å². The van der Waals surface area contributed by atoms with Gasteiger partial charge in [0.15, 0.2) is 23.9 Å². The molecule has 1 atom stereocenters. The molecule has 0 saturated heterocycles. The van der Waals surface area contributed by atoms with E-state index in [0.29, 0.717) is 30.3 Å². The van der Waals surface area contributed by atoms with Gasteiger partial charge in [0, 0.05) is 5.56 Å². The van der Waals surface area contributed by atoms with Gasteiger partial charge in [-0.1, -0.05) is 23.7 Å². The van der Waals surface area contributed by atoms with Gasteiger partial charge in [0.2, 0.25) is 0 Å². The largest absolute Gasteiger partial charge is 0.486 e. The molecule has 146 valence electrons. The van der Waals surface area contributed by atoms with E-state index >= 15 is 0 Å². The number of nitrogens with one attached hydrogen (secondary N) is 1. The van der Waals surface area contributed by atoms with E-state index in [0.717, 1.165) is 0 Å². The zero-order valence-corrected chi connectivity index (χ0v) is 15.8. The van der Waals surface area contributed by atoms with E-state index in [9.17, 15) is 14.4 Å². The lowest BCUT2D eigenvalue weighted by Gasteiger charge is -2.18. The van der Waals surface area contributed by atoms with Crippen LogP contribution in [0.1, 0.15) is 27.6 Å². The number of rotatable bonds is 6. The molecule has 3 rings (SSSR count). The Hall–Kier alpha value is -3.06. The third-order valence-corrected chi connectivity index (χ3v) is 4.36. The van der Waals surface area contributed by atoms with Crippen molar-refractivity contribution in [3.8, 4) is 11.5 Å². The number of esters is 1. The molecule has 28 heavy (non-hydrogen) atoms. The summed E-state index contributed by atoms with van der Waals surface area (Å²) in [7, 11) is 0. The number of ether oxygens (including phenoxy) is 3. The molecule has 0 fully saturated rings. The van der Waals surface area contributed by atoms with Crippen LogP contribution in [0.5, 0.6) is 11.5 Å². The number of fused-ring (bicyclic) bond motifs is 1. The molecule has 0 spiro atoms. The number of benzene rings is 2. The Kier molecular flexibility index (Phi) is 6.16. The highest BCUT2D eigenvalue weighted by Gasteiger charge is 2.21. The Labute approximate surface area is 166 Å². The predicted octanol–water partition coefficient (Wildman–Crippen LogP) is 2.66. The average Bonchev–Trinajstić information content (AvgIpc) is 2.71. The lowest BCUT2D eigenvalue weighted by molar-refractivity contribution is -0.144. The first-order valence-electron chi connectivity index (χ1n) is 8.60. The highest BCUT2D eigenvalue weighted by molar-refractivity contribution is 6.33. The Morgan fingerprint density at radius 2 is 1.82 bits per heavy atom. The number of hydrogen-bond donors (Lipinski definition) is 1. The van der Waals surface area contributed by atoms with Crippen LogP contribution in [0, 0.1) is 0 Å². The molecule has 2 aromatic carbocycles. The lowest BCUT2D eigenvalue weighted by Crippen LogP contribution is -2.40. The molecule has 2 aromatic rings. The van der Waals surface area contributed by atoms with Crippen LogP contribution in [0.2, 0.25) is 5.02 Å². The molecule has 0 unspecified atom stereocenters. The zero-order valence-electron chi connectivity index (χ0n) is 15.1. The quantitative estimate of drug-likeness (QED) is 0.589. The van der Waals surface area contributed by atoms with E-state index in [-0.39, 0.29) is 10.6 Å². The maximum atomic E-state index is 12.3. The molecule has 1 aliphatic heterocycles. The van der Waals surface area contributed by atoms with Gasteiger partial charge in [-0.2, -0.15) is 0 Å². The first kappa shape index (κ1) is 19.7. The Morgan fingerprint density at radius 3 is 2.57 bits per heavy atom. The second-order valence-electron chi connectivity index (χ2n) is 6.06. The van der Waals surface area contributed by atoms with Crippen molar-refractivity contribution in [2.45, 2.75) is 13.0 Å². The monoisotopic (exact) mass is 403 g/mol. The molecule has 7 nitrogen and oxygen atoms in total. The van der Waals surface area contributed by atoms with Gasteiger partial charge in [-0.3, -0.25) is 9.59 Å². The first-order valence-corrected chi connectivity index (χ1v) is 8.98. The Balaban J connectivity index is 1.54. The van der Waals surface area contributed by atoms with Gasteiger partial charge < -0.3 is 19.5 Å². The molecule has 0 radical (unpaired) electrons. The number of halogens is 1. The maximum Gasteiger partial charge on any atom is 0.328 e. The third kappa shape index (κ3) is 4.61. The highest BCUT2D eigenvalue weighted by Crippen LogP contribution is 2.30. The van der Waals surface area contributed by atoms with Crippen LogP contribution in [0.3, 0.4) is 0 Å². The minimum atomic E-state index is -0.947. The van der Waals surface area contributed by atoms with Crippen LogP contribution in [0.4, 0.5) is 0 Å². The van der Waals surface area contributed by atoms with Crippen molar-refractivity contribution in [3.63, 3.8) is 0 Å². The van der Waals surface area contributed by atoms with E-state index in [4.69, 9.17) is 25.8 Å². The van der Waals surface area contributed by atoms with E-state index in [1.807, 2.05) is 0 Å². The number of ketones is 1. The smallest absolute Gasteiger partial charge is 0.328 e. The molecule has 1 heterocycles. The van der Waals surface area contributed by atoms with Crippen LogP contribution in [-0.4, -0.2) is 43.5 Å². The molecular formula is C20H18ClNO6. The summed E-state index contributed by atoms with van der Waals surface area (Å²) in [5.41, 5.74) is 0.584. The number of carbonyl (C=O) groups excluding carboxylic acids is 3. The summed E-state index contributed by atoms with van der Waals surface area (Å²) in [5.74, 6) is -0.589. The fourth-order valence-corrected chi connectivity index (χ4v) is 2.76. The van der Waals surface area contributed by atoms with Crippen molar-refractivity contribution >= 4 is 29.3 Å². The minimum absolute atomic E-state index is 0.246. The summed E-state index contributed by atoms with van der Waals surface area (Å²) < 4.78 is 15.9. The predicted molar refractivity (Wildman–Crippen MR) is 101 cm³/mol. The first-order chi connectivity index (χ1) is 13.5. The molecular weight excluding hydrogens is 386 g/mol. The molecule has 1 amide bonds. The molecule has 0 aliphatic carbocycles. The fraction of sp³-hybridized carbons (Fsp3) is 0.250. The number of hydrogen-bond acceptors (Lipinski definition) is 6. The normalized spacial score (nSPS) is 13.4. The molecule has 0 aromatic heterocycles. The number of Topliss-reactive ketones (excluding diaryl/α,β-unsaturated/α-hetero) is 1. The van der Waals surface area contributed by atoms with Crippen LogP contribution >= 0.6 is 11.6 Å². The average molecular weight is 404 g/mol. The number of carbonyl (C=O) groups is 3. The standard InChI is InChI=1S/C20H18ClNO6/c1-12(22-19(24)14-4-2-3-5-15(14)21)20(25)28-11-16(23)13-6-7-17-18(10-13)27-9-8-26-17/h2-7,10,12H,8-9,11H2,1H3,(H,22,24)/t12-/m0/s1. The van der Waals surface area contributed by atoms with Gasteiger partial charge in [-0.05, 0) is 37.3 Å². The van der Waals surface area contributed by atoms with Crippen LogP contribution in [0.15, 0.2) is 42.5 Å². The summed E-state index contributed by atoms with van der Waals surface area (Å²) >= 11 is 5.96. The minimum Gasteiger partial charge on any atom is -0.486 e. The molecule has 1 aliphatic rings. The second kappa shape index (κ2) is 8.75. The van der Waals surface area contributed by atoms with Crippen molar-refractivity contribution in [1.82, 2.24) is 5.32 Å². The molecule has 0 bridgehead atoms. The SMILES string of the molecule is C[C@H](NC(=O)c1ccccc1Cl)C(=O)OCC(=O)c1ccc2c(c1)OCCO2. The van der Waals surface area contributed by atoms with E-state index in [1.165, 1.54) is 6.92 Å². The topological polar surface area (TPSA) is 90.9 Å². The summed E-state index contributed by atoms with van der Waals surface area (Å²) in [6, 6.07) is 10.3. The van der Waals surface area contributed by atoms with E-state index < -0.39 is 30.3 Å². The van der Waals surface area contributed by atoms with Crippen molar-refractivity contribution < 1.29 is 28.6 Å². The molecule has 0 saturated carbocycles. The lowest BCUT2D eigenvalue weighted by atomic mass is 10.1. The summed E-state index contributed by atoms with van der Waals surface area (Å²) in [5, 5.41) is 2.77. The second-order valence-corrected chi connectivity index (χ2v) is 6.47. The van der Waals surface area contributed by atoms with Crippen molar-refractivity contribution in [1.29, 1.82) is 0 Å². The molecule has 8 heteroatoms. The third-order valence-electron chi connectivity index (χ3n) is 4.03. The Bertz CT molecular complexity index is 913. The van der Waals surface area contributed by atoms with Gasteiger partial charge in [0.1, 0.15) is 19.3 Å². The van der Waals surface area contributed by atoms with Crippen LogP contribution in [-0.2, 0) is 9.53 Å². The highest BCUT2D eigenvalue weighted by atomic mass is 35.5. The molecule has 1 N–H and O–H groups in total. The maximum absolute atomic E-state index is 12.3. The fourth-order valence-electron chi connectivity index (χ4n) is 2.54. The summed E-state index contributed by atoms with van der Waals surface area (Å²) in [6.07, 6.45) is 0. The summed E-state index contributed by atoms with van der Waals surface area (Å²) in [6.45, 7) is 1.87. The van der Waals surface area contributed by atoms with E-state index in [2.05, 4.69) is 5.32 Å². The van der Waals surface area contributed by atoms with Crippen molar-refractivity contribution in [2.75, 3.05) is 19.8 Å². The Morgan fingerprint density at radius 1 is 1.11 bits per heavy atom. The van der Waals surface area contributed by atoms with Gasteiger partial charge in [-0.15, -0.1) is 0 Å². The summed E-state index contributed by atoms with van der Waals surface area (Å²) in [4.78, 5) is 36.5. The van der Waals surface area contributed by atoms with Crippen molar-refractivity contribution in [3.05, 3.63) is 58.6 Å². The van der Waals surface area contributed by atoms with Crippen LogP contribution in [0.25, 0.3) is 0 Å². The number of amides is 1. The van der Waals surface area contributed by atoms with Gasteiger partial charge in [0.05, 0.1) is 10.6 Å². The van der Waals surface area contributed by atoms with Gasteiger partial charge in [0.25, 0.3) is 5.91 Å². The zero-order chi connectivity index (χ0) is 20.1. The van der Waals surface area contributed by atoms with Crippen LogP contribution < -0.4 is 14.8 Å². The van der Waals surface area contributed by atoms with Gasteiger partial charge >= 0.3 is 5.97 Å².